The van der Waals surface area contributed by atoms with Crippen molar-refractivity contribution < 1.29 is 86.7 Å². The van der Waals surface area contributed by atoms with Crippen molar-refractivity contribution in [3.8, 4) is 17.2 Å². The number of carboxylic acid groups (broad SMARTS) is 1. The van der Waals surface area contributed by atoms with Crippen LogP contribution < -0.4 is 14.2 Å². The standard InChI is InChI=1S/C30H34O11.C3H9O3P.C2H6.CH2O2.CH4O.CH2O/c1-12-5-15(6-19(34-4)13(12)2)23-16-7-20-21(38-11-37-20)8-17(16)27(18-9-36-29(33)24(18)23)41-30-26(32)25(31)28-22(40-30)10-35-14(3)39-28;1-3-6-7(2,4)5;1-2;2-1-3;2*1-2/h5-8,14,18,22-28,30-32H,9-11H2,1-4H3;3H2,1-2H3,(H,4,5);1-2H3;1H,(H,2,3);2H,1H3;1H2/t14?,18?,22?,23-,24?,25?,26-,27?,28?,30?;;;;;/m1...../s1. The van der Waals surface area contributed by atoms with Crippen LogP contribution in [-0.2, 0) is 47.2 Å². The predicted molar refractivity (Wildman–Crippen MR) is 202 cm³/mol. The van der Waals surface area contributed by atoms with Gasteiger partial charge in [0.1, 0.15) is 37.0 Å². The normalized spacial score (nSPS) is 29.5. The van der Waals surface area contributed by atoms with E-state index in [1.807, 2.05) is 52.7 Å². The van der Waals surface area contributed by atoms with E-state index in [-0.39, 0.29) is 38.4 Å². The van der Waals surface area contributed by atoms with E-state index >= 15 is 0 Å². The Labute approximate surface area is 332 Å². The van der Waals surface area contributed by atoms with E-state index in [0.717, 1.165) is 47.3 Å². The molecule has 2 aromatic rings. The zero-order valence-corrected chi connectivity index (χ0v) is 34.6. The van der Waals surface area contributed by atoms with Gasteiger partial charge in [-0.2, -0.15) is 0 Å². The molecule has 4 aliphatic heterocycles. The highest BCUT2D eigenvalue weighted by Crippen LogP contribution is 2.56. The number of carbonyl (C=O) groups excluding carboxylic acids is 2. The SMILES string of the molecule is C=O.CC.CCOP(C)(=O)O.CO.COc1cc([C@@H]2c3cc4c(cc3C(OC3OC5COC(C)OC5C(O)[C@H]3O)C3COC(=O)C32)OCO4)cc(C)c1C.O=CO. The lowest BCUT2D eigenvalue weighted by atomic mass is 9.66. The Hall–Kier alpha value is -3.68. The third-order valence-corrected chi connectivity index (χ3v) is 10.2. The summed E-state index contributed by atoms with van der Waals surface area (Å²) in [7, 11) is -0.534. The molecule has 2 aromatic carbocycles. The summed E-state index contributed by atoms with van der Waals surface area (Å²) < 4.78 is 61.1. The topological polar surface area (TPSA) is 252 Å². The van der Waals surface area contributed by atoms with Gasteiger partial charge in [0.05, 0.1) is 39.0 Å². The van der Waals surface area contributed by atoms with E-state index in [2.05, 4.69) is 10.6 Å². The molecule has 4 heterocycles. The van der Waals surface area contributed by atoms with Crippen LogP contribution in [0, 0.1) is 25.7 Å². The van der Waals surface area contributed by atoms with Crippen LogP contribution in [0.1, 0.15) is 67.5 Å². The minimum atomic E-state index is -3.17. The van der Waals surface area contributed by atoms with Crippen molar-refractivity contribution in [2.75, 3.05) is 47.5 Å². The molecule has 18 nitrogen and oxygen atoms in total. The van der Waals surface area contributed by atoms with Gasteiger partial charge in [-0.25, -0.2) is 0 Å². The first kappa shape index (κ1) is 49.5. The first-order chi connectivity index (χ1) is 27.2. The molecule has 5 aliphatic rings. The molecule has 0 spiro atoms. The summed E-state index contributed by atoms with van der Waals surface area (Å²) in [6.07, 6.45) is -6.48. The van der Waals surface area contributed by atoms with Crippen LogP contribution in [0.3, 0.4) is 0 Å². The fraction of sp³-hybridized carbons (Fsp3) is 0.605. The average molecular weight is 833 g/mol. The van der Waals surface area contributed by atoms with Crippen molar-refractivity contribution in [1.29, 1.82) is 0 Å². The number of aliphatic hydroxyl groups excluding tert-OH is 3. The maximum atomic E-state index is 13.4. The van der Waals surface area contributed by atoms with Gasteiger partial charge in [0.2, 0.25) is 6.79 Å². The number of aryl methyl sites for hydroxylation is 1. The molecule has 0 saturated carbocycles. The van der Waals surface area contributed by atoms with Crippen molar-refractivity contribution in [1.82, 2.24) is 0 Å². The summed E-state index contributed by atoms with van der Waals surface area (Å²) in [4.78, 5) is 38.1. The van der Waals surface area contributed by atoms with Crippen LogP contribution in [0.25, 0.3) is 0 Å². The summed E-state index contributed by atoms with van der Waals surface area (Å²) in [6, 6.07) is 7.82. The first-order valence-electron chi connectivity index (χ1n) is 18.2. The largest absolute Gasteiger partial charge is 0.496 e. The van der Waals surface area contributed by atoms with Crippen molar-refractivity contribution >= 4 is 26.8 Å². The third-order valence-electron chi connectivity index (χ3n) is 9.47. The Bertz CT molecular complexity index is 1630. The van der Waals surface area contributed by atoms with Gasteiger partial charge >= 0.3 is 13.6 Å². The third kappa shape index (κ3) is 11.7. The van der Waals surface area contributed by atoms with Crippen LogP contribution in [0.15, 0.2) is 24.3 Å². The number of esters is 1. The average Bonchev–Trinajstić information content (AvgIpc) is 3.82. The number of cyclic esters (lactones) is 1. The van der Waals surface area contributed by atoms with Crippen LogP contribution in [0.2, 0.25) is 0 Å². The number of benzene rings is 2. The van der Waals surface area contributed by atoms with E-state index in [4.69, 9.17) is 62.6 Å². The molecule has 3 saturated heterocycles. The lowest BCUT2D eigenvalue weighted by Gasteiger charge is -2.47. The molecular weight excluding hydrogens is 775 g/mol. The van der Waals surface area contributed by atoms with E-state index in [9.17, 15) is 19.6 Å². The number of aliphatic hydroxyl groups is 3. The van der Waals surface area contributed by atoms with Gasteiger partial charge in [0.15, 0.2) is 24.1 Å². The number of hydrogen-bond donors (Lipinski definition) is 5. The fourth-order valence-corrected chi connectivity index (χ4v) is 7.61. The molecule has 7 rings (SSSR count). The second-order valence-corrected chi connectivity index (χ2v) is 14.6. The van der Waals surface area contributed by atoms with Crippen molar-refractivity contribution in [2.45, 2.75) is 90.6 Å². The highest BCUT2D eigenvalue weighted by atomic mass is 31.2. The molecule has 0 bridgehead atoms. The Morgan fingerprint density at radius 1 is 0.965 bits per heavy atom. The molecule has 3 fully saturated rings. The minimum absolute atomic E-state index is 0.0823. The van der Waals surface area contributed by atoms with Crippen LogP contribution in [0.4, 0.5) is 0 Å². The summed E-state index contributed by atoms with van der Waals surface area (Å²) in [5.74, 6) is 0.176. The van der Waals surface area contributed by atoms with Gasteiger partial charge < -0.3 is 72.5 Å². The van der Waals surface area contributed by atoms with Gasteiger partial charge in [-0.3, -0.25) is 14.2 Å². The lowest BCUT2D eigenvalue weighted by molar-refractivity contribution is -0.364. The van der Waals surface area contributed by atoms with Crippen LogP contribution in [0.5, 0.6) is 17.2 Å². The molecule has 0 aromatic heterocycles. The van der Waals surface area contributed by atoms with Gasteiger partial charge in [-0.15, -0.1) is 0 Å². The van der Waals surface area contributed by atoms with E-state index in [1.54, 1.807) is 21.0 Å². The molecular formula is C38H57O18P. The van der Waals surface area contributed by atoms with E-state index in [1.165, 1.54) is 0 Å². The summed E-state index contributed by atoms with van der Waals surface area (Å²) in [5, 5.41) is 35.9. The molecule has 57 heavy (non-hydrogen) atoms. The zero-order chi connectivity index (χ0) is 43.2. The Kier molecular flexibility index (Phi) is 20.0. The maximum absolute atomic E-state index is 13.4. The number of methoxy groups -OCH3 is 1. The Balaban J connectivity index is 0.000000609. The lowest BCUT2D eigenvalue weighted by Crippen LogP contribution is -2.63. The molecule has 5 N–H and O–H groups in total. The van der Waals surface area contributed by atoms with Gasteiger partial charge in [0.25, 0.3) is 6.47 Å². The minimum Gasteiger partial charge on any atom is -0.496 e. The monoisotopic (exact) mass is 832 g/mol. The maximum Gasteiger partial charge on any atom is 0.325 e. The van der Waals surface area contributed by atoms with Crippen LogP contribution in [-0.4, -0.2) is 129 Å². The quantitative estimate of drug-likeness (QED) is 0.159. The summed E-state index contributed by atoms with van der Waals surface area (Å²) in [5.41, 5.74) is 4.57. The number of carbonyl (C=O) groups is 3. The molecule has 19 heteroatoms. The summed E-state index contributed by atoms with van der Waals surface area (Å²) in [6.45, 7) is 15.0. The van der Waals surface area contributed by atoms with E-state index in [0.29, 0.717) is 18.1 Å². The van der Waals surface area contributed by atoms with Crippen molar-refractivity contribution in [2.24, 2.45) is 11.8 Å². The van der Waals surface area contributed by atoms with Gasteiger partial charge in [-0.05, 0) is 73.7 Å². The number of hydrogen-bond acceptors (Lipinski definition) is 16. The Morgan fingerprint density at radius 3 is 2.11 bits per heavy atom. The van der Waals surface area contributed by atoms with Crippen molar-refractivity contribution in [3.05, 3.63) is 52.1 Å². The van der Waals surface area contributed by atoms with E-state index < -0.39 is 62.5 Å². The van der Waals surface area contributed by atoms with Crippen molar-refractivity contribution in [3.63, 3.8) is 0 Å². The van der Waals surface area contributed by atoms with Crippen LogP contribution >= 0.6 is 7.60 Å². The second kappa shape index (κ2) is 23.0. The molecule has 1 aliphatic carbocycles. The zero-order valence-electron chi connectivity index (χ0n) is 33.7. The predicted octanol–water partition coefficient (Wildman–Crippen LogP) is 3.23. The molecule has 11 atom stereocenters. The number of fused-ring (bicyclic) bond motifs is 4. The molecule has 322 valence electrons. The second-order valence-electron chi connectivity index (χ2n) is 12.7. The highest BCUT2D eigenvalue weighted by molar-refractivity contribution is 7.51. The molecule has 0 radical (unpaired) electrons. The molecule has 0 amide bonds. The fourth-order valence-electron chi connectivity index (χ4n) is 7.13. The molecule has 9 unspecified atom stereocenters. The first-order valence-corrected chi connectivity index (χ1v) is 20.2. The Morgan fingerprint density at radius 2 is 1.56 bits per heavy atom. The highest BCUT2D eigenvalue weighted by Gasteiger charge is 2.56. The van der Waals surface area contributed by atoms with Gasteiger partial charge in [-0.1, -0.05) is 19.9 Å². The number of ether oxygens (including phenoxy) is 8. The van der Waals surface area contributed by atoms with Gasteiger partial charge in [0, 0.05) is 25.6 Å². The smallest absolute Gasteiger partial charge is 0.325 e. The summed E-state index contributed by atoms with van der Waals surface area (Å²) >= 11 is 0. The number of rotatable bonds is 6.